The molecule has 2 aromatic heterocycles. The number of aromatic nitrogens is 3. The number of likely N-dealkylation sites (tertiary alicyclic amines) is 1. The summed E-state index contributed by atoms with van der Waals surface area (Å²) in [5.74, 6) is 0.132. The predicted molar refractivity (Wildman–Crippen MR) is 100 cm³/mol. The number of amides is 2. The molecule has 2 fully saturated rings. The van der Waals surface area contributed by atoms with E-state index in [1.54, 1.807) is 25.3 Å². The van der Waals surface area contributed by atoms with Crippen molar-refractivity contribution in [1.82, 2.24) is 25.0 Å². The Bertz CT molecular complexity index is 928. The Labute approximate surface area is 163 Å². The lowest BCUT2D eigenvalue weighted by molar-refractivity contribution is -0.134. The van der Waals surface area contributed by atoms with Gasteiger partial charge in [0.05, 0.1) is 23.5 Å². The number of rotatable bonds is 4. The van der Waals surface area contributed by atoms with E-state index in [1.165, 1.54) is 29.9 Å². The van der Waals surface area contributed by atoms with Gasteiger partial charge in [-0.25, -0.2) is 9.67 Å². The zero-order valence-electron chi connectivity index (χ0n) is 15.8. The molecule has 1 saturated carbocycles. The highest BCUT2D eigenvalue weighted by atomic mass is 16.2. The van der Waals surface area contributed by atoms with E-state index in [2.05, 4.69) is 15.4 Å². The zero-order chi connectivity index (χ0) is 19.7. The second-order valence-electron chi connectivity index (χ2n) is 7.71. The minimum atomic E-state index is -0.579. The maximum Gasteiger partial charge on any atom is 0.253 e. The summed E-state index contributed by atoms with van der Waals surface area (Å²) in [4.78, 5) is 31.2. The first-order valence-corrected chi connectivity index (χ1v) is 9.51. The molecule has 0 unspecified atom stereocenters. The van der Waals surface area contributed by atoms with Crippen molar-refractivity contribution in [1.29, 1.82) is 5.26 Å². The second kappa shape index (κ2) is 7.08. The predicted octanol–water partition coefficient (Wildman–Crippen LogP) is 1.66. The topological polar surface area (TPSA) is 104 Å². The van der Waals surface area contributed by atoms with Crippen molar-refractivity contribution in [3.8, 4) is 11.9 Å². The van der Waals surface area contributed by atoms with Gasteiger partial charge < -0.3 is 10.2 Å². The first kappa shape index (κ1) is 18.2. The van der Waals surface area contributed by atoms with Gasteiger partial charge in [0.15, 0.2) is 5.82 Å². The second-order valence-corrected chi connectivity index (χ2v) is 7.71. The van der Waals surface area contributed by atoms with Crippen molar-refractivity contribution in [3.05, 3.63) is 41.9 Å². The van der Waals surface area contributed by atoms with Crippen LogP contribution in [0.4, 0.5) is 0 Å². The van der Waals surface area contributed by atoms with Crippen LogP contribution in [0.1, 0.15) is 48.5 Å². The molecule has 0 bridgehead atoms. The molecule has 8 heteroatoms. The normalized spacial score (nSPS) is 18.4. The fourth-order valence-electron chi connectivity index (χ4n) is 3.66. The van der Waals surface area contributed by atoms with Gasteiger partial charge in [0.25, 0.3) is 5.91 Å². The first-order chi connectivity index (χ1) is 13.5. The molecular weight excluding hydrogens is 356 g/mol. The third-order valence-electron chi connectivity index (χ3n) is 5.77. The lowest BCUT2D eigenvalue weighted by Crippen LogP contribution is -2.49. The number of hydrogen-bond donors (Lipinski definition) is 1. The summed E-state index contributed by atoms with van der Waals surface area (Å²) >= 11 is 0. The number of nitriles is 1. The smallest absolute Gasteiger partial charge is 0.253 e. The van der Waals surface area contributed by atoms with Crippen LogP contribution in [0.3, 0.4) is 0 Å². The van der Waals surface area contributed by atoms with E-state index in [4.69, 9.17) is 5.26 Å². The van der Waals surface area contributed by atoms with Gasteiger partial charge in [-0.2, -0.15) is 10.4 Å². The standard InChI is InChI=1S/C20H22N6O2/c1-14(19(28)25-8-6-20(4-5-20)7-9-25)24-18(27)16-2-3-17(22-12-16)26-13-15(10-21)11-23-26/h2-3,11-14H,4-9H2,1H3,(H,24,27)/t14-/m1/s1. The van der Waals surface area contributed by atoms with Crippen LogP contribution in [0.5, 0.6) is 0 Å². The average Bonchev–Trinajstić information content (AvgIpc) is 3.29. The lowest BCUT2D eigenvalue weighted by Gasteiger charge is -2.33. The molecule has 0 radical (unpaired) electrons. The Morgan fingerprint density at radius 1 is 1.21 bits per heavy atom. The van der Waals surface area contributed by atoms with Gasteiger partial charge in [0.2, 0.25) is 5.91 Å². The van der Waals surface area contributed by atoms with Gasteiger partial charge in [-0.05, 0) is 50.2 Å². The quantitative estimate of drug-likeness (QED) is 0.871. The third-order valence-corrected chi connectivity index (χ3v) is 5.77. The van der Waals surface area contributed by atoms with E-state index in [1.807, 2.05) is 11.0 Å². The number of hydrogen-bond acceptors (Lipinski definition) is 5. The van der Waals surface area contributed by atoms with Crippen molar-refractivity contribution in [2.45, 2.75) is 38.6 Å². The summed E-state index contributed by atoms with van der Waals surface area (Å²) in [5, 5.41) is 15.7. The summed E-state index contributed by atoms with van der Waals surface area (Å²) in [6.45, 7) is 3.28. The molecule has 1 N–H and O–H groups in total. The molecule has 28 heavy (non-hydrogen) atoms. The number of nitrogens with one attached hydrogen (secondary N) is 1. The van der Waals surface area contributed by atoms with E-state index in [9.17, 15) is 9.59 Å². The highest BCUT2D eigenvalue weighted by molar-refractivity contribution is 5.97. The Kier molecular flexibility index (Phi) is 4.59. The molecule has 0 aromatic carbocycles. The number of pyridine rings is 1. The number of carbonyl (C=O) groups is 2. The molecule has 1 aliphatic carbocycles. The first-order valence-electron chi connectivity index (χ1n) is 9.51. The van der Waals surface area contributed by atoms with Crippen LogP contribution in [0.15, 0.2) is 30.7 Å². The fourth-order valence-corrected chi connectivity index (χ4v) is 3.66. The molecule has 1 saturated heterocycles. The SMILES string of the molecule is C[C@@H](NC(=O)c1ccc(-n2cc(C#N)cn2)nc1)C(=O)N1CCC2(CC1)CC2. The summed E-state index contributed by atoms with van der Waals surface area (Å²) in [6.07, 6.45) is 9.18. The summed E-state index contributed by atoms with van der Waals surface area (Å²) in [6, 6.07) is 4.70. The third kappa shape index (κ3) is 3.60. The molecular formula is C20H22N6O2. The minimum Gasteiger partial charge on any atom is -0.341 e. The Morgan fingerprint density at radius 2 is 1.96 bits per heavy atom. The number of carbonyl (C=O) groups excluding carboxylic acids is 2. The van der Waals surface area contributed by atoms with Crippen LogP contribution in [-0.4, -0.2) is 50.6 Å². The maximum atomic E-state index is 12.6. The number of piperidine rings is 1. The lowest BCUT2D eigenvalue weighted by atomic mass is 9.93. The van der Waals surface area contributed by atoms with Crippen LogP contribution in [0.2, 0.25) is 0 Å². The molecule has 144 valence electrons. The summed E-state index contributed by atoms with van der Waals surface area (Å²) in [7, 11) is 0. The van der Waals surface area contributed by atoms with Crippen LogP contribution < -0.4 is 5.32 Å². The van der Waals surface area contributed by atoms with Crippen LogP contribution >= 0.6 is 0 Å². The monoisotopic (exact) mass is 378 g/mol. The molecule has 1 aliphatic heterocycles. The number of nitrogens with zero attached hydrogens (tertiary/aromatic N) is 5. The van der Waals surface area contributed by atoms with E-state index in [0.717, 1.165) is 25.9 Å². The Hall–Kier alpha value is -3.21. The molecule has 1 atom stereocenters. The summed E-state index contributed by atoms with van der Waals surface area (Å²) in [5.41, 5.74) is 1.31. The zero-order valence-corrected chi connectivity index (χ0v) is 15.8. The highest BCUT2D eigenvalue weighted by Gasteiger charge is 2.45. The van der Waals surface area contributed by atoms with Crippen molar-refractivity contribution >= 4 is 11.8 Å². The Morgan fingerprint density at radius 3 is 2.54 bits per heavy atom. The molecule has 2 aromatic rings. The van der Waals surface area contributed by atoms with Crippen molar-refractivity contribution in [2.24, 2.45) is 5.41 Å². The van der Waals surface area contributed by atoms with Gasteiger partial charge in [0.1, 0.15) is 12.1 Å². The molecule has 2 amide bonds. The molecule has 4 rings (SSSR count). The highest BCUT2D eigenvalue weighted by Crippen LogP contribution is 2.53. The van der Waals surface area contributed by atoms with E-state index in [-0.39, 0.29) is 11.8 Å². The van der Waals surface area contributed by atoms with E-state index < -0.39 is 6.04 Å². The fraction of sp³-hybridized carbons (Fsp3) is 0.450. The Balaban J connectivity index is 1.35. The van der Waals surface area contributed by atoms with Crippen LogP contribution in [-0.2, 0) is 4.79 Å². The molecule has 2 aliphatic rings. The molecule has 3 heterocycles. The van der Waals surface area contributed by atoms with Gasteiger partial charge in [-0.3, -0.25) is 9.59 Å². The summed E-state index contributed by atoms with van der Waals surface area (Å²) < 4.78 is 1.47. The molecule has 1 spiro atoms. The van der Waals surface area contributed by atoms with E-state index >= 15 is 0 Å². The average molecular weight is 378 g/mol. The minimum absolute atomic E-state index is 0.0333. The van der Waals surface area contributed by atoms with Crippen molar-refractivity contribution in [2.75, 3.05) is 13.1 Å². The van der Waals surface area contributed by atoms with Crippen molar-refractivity contribution in [3.63, 3.8) is 0 Å². The van der Waals surface area contributed by atoms with Gasteiger partial charge in [-0.1, -0.05) is 0 Å². The van der Waals surface area contributed by atoms with Gasteiger partial charge >= 0.3 is 0 Å². The van der Waals surface area contributed by atoms with Crippen molar-refractivity contribution < 1.29 is 9.59 Å². The molecule has 8 nitrogen and oxygen atoms in total. The maximum absolute atomic E-state index is 12.6. The van der Waals surface area contributed by atoms with E-state index in [0.29, 0.717) is 22.4 Å². The van der Waals surface area contributed by atoms with Crippen LogP contribution in [0.25, 0.3) is 5.82 Å². The van der Waals surface area contributed by atoms with Gasteiger partial charge in [-0.15, -0.1) is 0 Å². The largest absolute Gasteiger partial charge is 0.341 e. The van der Waals surface area contributed by atoms with Gasteiger partial charge in [0, 0.05) is 19.3 Å². The van der Waals surface area contributed by atoms with Crippen LogP contribution in [0, 0.1) is 16.7 Å².